The van der Waals surface area contributed by atoms with Gasteiger partial charge in [-0.3, -0.25) is 9.59 Å². The molecule has 6 nitrogen and oxygen atoms in total. The fraction of sp³-hybridized carbons (Fsp3) is 0.250. The first-order valence-electron chi connectivity index (χ1n) is 6.97. The number of furan rings is 1. The van der Waals surface area contributed by atoms with Gasteiger partial charge in [0, 0.05) is 17.8 Å². The lowest BCUT2D eigenvalue weighted by Crippen LogP contribution is -2.26. The Hall–Kier alpha value is -2.60. The van der Waals surface area contributed by atoms with Crippen LogP contribution in [0.3, 0.4) is 0 Å². The van der Waals surface area contributed by atoms with Crippen molar-refractivity contribution >= 4 is 17.5 Å². The van der Waals surface area contributed by atoms with Gasteiger partial charge in [-0.05, 0) is 43.7 Å². The van der Waals surface area contributed by atoms with Crippen molar-refractivity contribution in [1.82, 2.24) is 5.32 Å². The zero-order valence-electron chi connectivity index (χ0n) is 12.2. The Morgan fingerprint density at radius 3 is 2.73 bits per heavy atom. The summed E-state index contributed by atoms with van der Waals surface area (Å²) < 4.78 is 5.01. The molecular formula is C16H18N2O4. The molecule has 0 spiro atoms. The predicted molar refractivity (Wildman–Crippen MR) is 81.7 cm³/mol. The number of aliphatic hydroxyl groups is 1. The summed E-state index contributed by atoms with van der Waals surface area (Å²) in [6, 6.07) is 9.79. The monoisotopic (exact) mass is 302 g/mol. The summed E-state index contributed by atoms with van der Waals surface area (Å²) in [5.41, 5.74) is 0.937. The summed E-state index contributed by atoms with van der Waals surface area (Å²) in [4.78, 5) is 23.8. The molecule has 2 rings (SSSR count). The molecule has 116 valence electrons. The van der Waals surface area contributed by atoms with Crippen LogP contribution in [-0.4, -0.2) is 29.6 Å². The highest BCUT2D eigenvalue weighted by molar-refractivity contribution is 6.03. The molecule has 0 radical (unpaired) electrons. The van der Waals surface area contributed by atoms with Crippen molar-refractivity contribution in [3.8, 4) is 0 Å². The average Bonchev–Trinajstić information content (AvgIpc) is 3.01. The highest BCUT2D eigenvalue weighted by Crippen LogP contribution is 2.12. The molecule has 0 bridgehead atoms. The minimum atomic E-state index is -0.459. The van der Waals surface area contributed by atoms with E-state index in [1.165, 1.54) is 6.26 Å². The number of hydrogen-bond donors (Lipinski definition) is 3. The number of carbonyl (C=O) groups is 2. The van der Waals surface area contributed by atoms with Crippen LogP contribution in [0.15, 0.2) is 47.1 Å². The molecule has 1 heterocycles. The fourth-order valence-electron chi connectivity index (χ4n) is 1.84. The number of carbonyl (C=O) groups excluding carboxylic acids is 2. The Morgan fingerprint density at radius 2 is 2.05 bits per heavy atom. The first-order chi connectivity index (χ1) is 10.6. The van der Waals surface area contributed by atoms with Crippen LogP contribution in [0.5, 0.6) is 0 Å². The Labute approximate surface area is 128 Å². The lowest BCUT2D eigenvalue weighted by atomic mass is 10.2. The maximum Gasteiger partial charge on any atom is 0.291 e. The Bertz CT molecular complexity index is 635. The average molecular weight is 302 g/mol. The van der Waals surface area contributed by atoms with Crippen molar-refractivity contribution in [2.45, 2.75) is 19.4 Å². The zero-order chi connectivity index (χ0) is 15.9. The number of amides is 2. The molecule has 6 heteroatoms. The van der Waals surface area contributed by atoms with E-state index in [0.717, 1.165) is 0 Å². The first-order valence-corrected chi connectivity index (χ1v) is 6.97. The number of nitrogens with one attached hydrogen (secondary N) is 2. The number of aliphatic hydroxyl groups excluding tert-OH is 1. The fourth-order valence-corrected chi connectivity index (χ4v) is 1.84. The van der Waals surface area contributed by atoms with Gasteiger partial charge in [0.25, 0.3) is 11.8 Å². The molecule has 0 saturated heterocycles. The third-order valence-electron chi connectivity index (χ3n) is 2.98. The minimum Gasteiger partial charge on any atom is -0.459 e. The molecule has 1 atom stereocenters. The van der Waals surface area contributed by atoms with Gasteiger partial charge in [-0.15, -0.1) is 0 Å². The summed E-state index contributed by atoms with van der Waals surface area (Å²) in [6.45, 7) is 2.05. The van der Waals surface area contributed by atoms with Crippen LogP contribution in [0.1, 0.15) is 34.3 Å². The summed E-state index contributed by atoms with van der Waals surface area (Å²) in [5.74, 6) is -0.432. The minimum absolute atomic E-state index is 0.201. The van der Waals surface area contributed by atoms with Gasteiger partial charge >= 0.3 is 0 Å². The van der Waals surface area contributed by atoms with Crippen LogP contribution in [0, 0.1) is 0 Å². The van der Waals surface area contributed by atoms with E-state index in [1.54, 1.807) is 43.3 Å². The Kier molecular flexibility index (Phi) is 5.32. The van der Waals surface area contributed by atoms with E-state index in [9.17, 15) is 9.59 Å². The second-order valence-corrected chi connectivity index (χ2v) is 4.91. The topological polar surface area (TPSA) is 91.6 Å². The SMILES string of the molecule is CC(O)CCNC(=O)c1cccc(NC(=O)c2ccco2)c1. The largest absolute Gasteiger partial charge is 0.459 e. The van der Waals surface area contributed by atoms with Gasteiger partial charge in [0.15, 0.2) is 5.76 Å². The molecule has 3 N–H and O–H groups in total. The van der Waals surface area contributed by atoms with E-state index in [-0.39, 0.29) is 17.6 Å². The van der Waals surface area contributed by atoms with Crippen molar-refractivity contribution < 1.29 is 19.1 Å². The maximum atomic E-state index is 12.0. The quantitative estimate of drug-likeness (QED) is 0.761. The van der Waals surface area contributed by atoms with Crippen molar-refractivity contribution in [3.63, 3.8) is 0 Å². The van der Waals surface area contributed by atoms with E-state index in [4.69, 9.17) is 9.52 Å². The van der Waals surface area contributed by atoms with Gasteiger partial charge in [0.05, 0.1) is 12.4 Å². The second kappa shape index (κ2) is 7.42. The molecule has 1 aromatic heterocycles. The second-order valence-electron chi connectivity index (χ2n) is 4.91. The van der Waals surface area contributed by atoms with Crippen LogP contribution < -0.4 is 10.6 Å². The van der Waals surface area contributed by atoms with Crippen molar-refractivity contribution in [2.75, 3.05) is 11.9 Å². The Balaban J connectivity index is 1.97. The lowest BCUT2D eigenvalue weighted by molar-refractivity contribution is 0.0943. The van der Waals surface area contributed by atoms with E-state index in [1.807, 2.05) is 0 Å². The third-order valence-corrected chi connectivity index (χ3v) is 2.98. The predicted octanol–water partition coefficient (Wildman–Crippen LogP) is 2.03. The highest BCUT2D eigenvalue weighted by atomic mass is 16.3. The normalized spacial score (nSPS) is 11.7. The summed E-state index contributed by atoms with van der Waals surface area (Å²) in [7, 11) is 0. The van der Waals surface area contributed by atoms with Crippen LogP contribution >= 0.6 is 0 Å². The van der Waals surface area contributed by atoms with Gasteiger partial charge in [0.2, 0.25) is 0 Å². The van der Waals surface area contributed by atoms with Gasteiger partial charge in [-0.25, -0.2) is 0 Å². The zero-order valence-corrected chi connectivity index (χ0v) is 12.2. The van der Waals surface area contributed by atoms with Crippen LogP contribution in [0.2, 0.25) is 0 Å². The highest BCUT2D eigenvalue weighted by Gasteiger charge is 2.11. The molecule has 0 aliphatic carbocycles. The summed E-state index contributed by atoms with van der Waals surface area (Å²) >= 11 is 0. The third kappa shape index (κ3) is 4.46. The molecular weight excluding hydrogens is 284 g/mol. The van der Waals surface area contributed by atoms with Gasteiger partial charge in [0.1, 0.15) is 0 Å². The molecule has 0 aliphatic heterocycles. The van der Waals surface area contributed by atoms with Crippen molar-refractivity contribution in [1.29, 1.82) is 0 Å². The Morgan fingerprint density at radius 1 is 1.23 bits per heavy atom. The molecule has 22 heavy (non-hydrogen) atoms. The number of benzene rings is 1. The summed E-state index contributed by atoms with van der Waals surface area (Å²) in [6.07, 6.45) is 1.45. The van der Waals surface area contributed by atoms with Gasteiger partial charge in [-0.2, -0.15) is 0 Å². The van der Waals surface area contributed by atoms with Crippen molar-refractivity contribution in [2.24, 2.45) is 0 Å². The molecule has 1 aromatic carbocycles. The molecule has 1 unspecified atom stereocenters. The lowest BCUT2D eigenvalue weighted by Gasteiger charge is -2.08. The first kappa shape index (κ1) is 15.8. The van der Waals surface area contributed by atoms with Gasteiger partial charge in [-0.1, -0.05) is 6.07 Å². The van der Waals surface area contributed by atoms with E-state index in [0.29, 0.717) is 24.2 Å². The van der Waals surface area contributed by atoms with Crippen molar-refractivity contribution in [3.05, 3.63) is 54.0 Å². The summed E-state index contributed by atoms with van der Waals surface area (Å²) in [5, 5.41) is 14.5. The number of hydrogen-bond acceptors (Lipinski definition) is 4. The maximum absolute atomic E-state index is 12.0. The van der Waals surface area contributed by atoms with E-state index >= 15 is 0 Å². The van der Waals surface area contributed by atoms with Crippen LogP contribution in [-0.2, 0) is 0 Å². The number of rotatable bonds is 6. The molecule has 0 saturated carbocycles. The smallest absolute Gasteiger partial charge is 0.291 e. The van der Waals surface area contributed by atoms with Crippen LogP contribution in [0.25, 0.3) is 0 Å². The van der Waals surface area contributed by atoms with Gasteiger partial charge < -0.3 is 20.2 Å². The van der Waals surface area contributed by atoms with Crippen LogP contribution in [0.4, 0.5) is 5.69 Å². The van der Waals surface area contributed by atoms with E-state index < -0.39 is 6.10 Å². The number of anilines is 1. The molecule has 0 fully saturated rings. The molecule has 2 aromatic rings. The standard InChI is InChI=1S/C16H18N2O4/c1-11(19)7-8-17-15(20)12-4-2-5-13(10-12)18-16(21)14-6-3-9-22-14/h2-6,9-11,19H,7-8H2,1H3,(H,17,20)(H,18,21). The molecule has 2 amide bonds. The molecule has 0 aliphatic rings. The van der Waals surface area contributed by atoms with E-state index in [2.05, 4.69) is 10.6 Å².